The van der Waals surface area contributed by atoms with E-state index in [0.29, 0.717) is 6.04 Å². The zero-order valence-corrected chi connectivity index (χ0v) is 13.2. The lowest BCUT2D eigenvalue weighted by Gasteiger charge is -2.40. The van der Waals surface area contributed by atoms with Crippen LogP contribution in [0.25, 0.3) is 0 Å². The standard InChI is InChI=1S/C17H33NO/c1-14(2)18-13-17(10-7-15(3)8-11-17)19-12-9-16-5-4-6-16/h14-16,18H,4-13H2,1-3H3. The predicted molar refractivity (Wildman–Crippen MR) is 81.4 cm³/mol. The Labute approximate surface area is 119 Å². The fourth-order valence-electron chi connectivity index (χ4n) is 3.27. The molecule has 2 aliphatic carbocycles. The summed E-state index contributed by atoms with van der Waals surface area (Å²) < 4.78 is 6.41. The van der Waals surface area contributed by atoms with Crippen LogP contribution in [0.3, 0.4) is 0 Å². The van der Waals surface area contributed by atoms with Gasteiger partial charge in [0.05, 0.1) is 5.60 Å². The quantitative estimate of drug-likeness (QED) is 0.748. The molecule has 1 N–H and O–H groups in total. The van der Waals surface area contributed by atoms with Gasteiger partial charge in [-0.3, -0.25) is 0 Å². The first-order valence-electron chi connectivity index (χ1n) is 8.47. The molecule has 0 bridgehead atoms. The van der Waals surface area contributed by atoms with E-state index in [1.165, 1.54) is 51.4 Å². The lowest BCUT2D eigenvalue weighted by molar-refractivity contribution is -0.0818. The molecule has 0 spiro atoms. The van der Waals surface area contributed by atoms with Gasteiger partial charge in [0, 0.05) is 19.2 Å². The van der Waals surface area contributed by atoms with Gasteiger partial charge in [0.1, 0.15) is 0 Å². The molecule has 0 saturated heterocycles. The molecule has 0 amide bonds. The Kier molecular flexibility index (Phi) is 5.70. The van der Waals surface area contributed by atoms with Gasteiger partial charge in [0.15, 0.2) is 0 Å². The van der Waals surface area contributed by atoms with Crippen molar-refractivity contribution in [1.29, 1.82) is 0 Å². The first kappa shape index (κ1) is 15.3. The zero-order valence-electron chi connectivity index (χ0n) is 13.2. The van der Waals surface area contributed by atoms with Gasteiger partial charge in [0.2, 0.25) is 0 Å². The molecule has 0 aromatic rings. The monoisotopic (exact) mass is 267 g/mol. The topological polar surface area (TPSA) is 21.3 Å². The number of rotatable bonds is 7. The Morgan fingerprint density at radius 2 is 1.84 bits per heavy atom. The number of hydrogen-bond acceptors (Lipinski definition) is 2. The van der Waals surface area contributed by atoms with Crippen molar-refractivity contribution in [3.8, 4) is 0 Å². The minimum Gasteiger partial charge on any atom is -0.374 e. The van der Waals surface area contributed by atoms with E-state index >= 15 is 0 Å². The van der Waals surface area contributed by atoms with Crippen LogP contribution in [0, 0.1) is 11.8 Å². The molecule has 0 atom stereocenters. The molecular formula is C17H33NO. The zero-order chi connectivity index (χ0) is 13.7. The van der Waals surface area contributed by atoms with Crippen LogP contribution < -0.4 is 5.32 Å². The number of hydrogen-bond donors (Lipinski definition) is 1. The first-order chi connectivity index (χ1) is 9.10. The Morgan fingerprint density at radius 1 is 1.16 bits per heavy atom. The van der Waals surface area contributed by atoms with Gasteiger partial charge in [-0.2, -0.15) is 0 Å². The second-order valence-electron chi connectivity index (χ2n) is 7.34. The maximum Gasteiger partial charge on any atom is 0.0806 e. The van der Waals surface area contributed by atoms with Crippen LogP contribution in [0.15, 0.2) is 0 Å². The van der Waals surface area contributed by atoms with Crippen molar-refractivity contribution in [2.45, 2.75) is 83.8 Å². The molecule has 0 radical (unpaired) electrons. The van der Waals surface area contributed by atoms with E-state index in [9.17, 15) is 0 Å². The Balaban J connectivity index is 1.78. The molecule has 2 saturated carbocycles. The molecule has 2 heteroatoms. The number of nitrogens with one attached hydrogen (secondary N) is 1. The van der Waals surface area contributed by atoms with Crippen molar-refractivity contribution in [1.82, 2.24) is 5.32 Å². The van der Waals surface area contributed by atoms with Crippen LogP contribution in [0.1, 0.15) is 72.1 Å². The first-order valence-corrected chi connectivity index (χ1v) is 8.47. The fourth-order valence-corrected chi connectivity index (χ4v) is 3.27. The minimum absolute atomic E-state index is 0.139. The normalized spacial score (nSPS) is 32.5. The van der Waals surface area contributed by atoms with Gasteiger partial charge in [0.25, 0.3) is 0 Å². The summed E-state index contributed by atoms with van der Waals surface area (Å²) in [6.07, 6.45) is 10.8. The Hall–Kier alpha value is -0.0800. The van der Waals surface area contributed by atoms with Crippen LogP contribution in [0.4, 0.5) is 0 Å². The maximum atomic E-state index is 6.41. The van der Waals surface area contributed by atoms with Crippen LogP contribution in [0.2, 0.25) is 0 Å². The summed E-state index contributed by atoms with van der Waals surface area (Å²) in [6.45, 7) is 8.87. The molecule has 2 nitrogen and oxygen atoms in total. The molecular weight excluding hydrogens is 234 g/mol. The van der Waals surface area contributed by atoms with E-state index in [1.54, 1.807) is 0 Å². The van der Waals surface area contributed by atoms with Crippen molar-refractivity contribution in [3.63, 3.8) is 0 Å². The summed E-state index contributed by atoms with van der Waals surface area (Å²) in [5.41, 5.74) is 0.139. The summed E-state index contributed by atoms with van der Waals surface area (Å²) in [4.78, 5) is 0. The molecule has 112 valence electrons. The summed E-state index contributed by atoms with van der Waals surface area (Å²) in [6, 6.07) is 0.562. The average Bonchev–Trinajstić information content (AvgIpc) is 2.33. The third-order valence-corrected chi connectivity index (χ3v) is 5.18. The molecule has 0 aromatic heterocycles. The van der Waals surface area contributed by atoms with Gasteiger partial charge in [-0.25, -0.2) is 0 Å². The fraction of sp³-hybridized carbons (Fsp3) is 1.00. The second kappa shape index (κ2) is 7.08. The highest BCUT2D eigenvalue weighted by Crippen LogP contribution is 2.36. The highest BCUT2D eigenvalue weighted by atomic mass is 16.5. The third-order valence-electron chi connectivity index (χ3n) is 5.18. The van der Waals surface area contributed by atoms with Crippen molar-refractivity contribution in [2.24, 2.45) is 11.8 Å². The highest BCUT2D eigenvalue weighted by Gasteiger charge is 2.35. The van der Waals surface area contributed by atoms with Crippen molar-refractivity contribution < 1.29 is 4.74 Å². The van der Waals surface area contributed by atoms with Gasteiger partial charge in [-0.1, -0.05) is 40.0 Å². The van der Waals surface area contributed by atoms with Crippen molar-refractivity contribution in [3.05, 3.63) is 0 Å². The predicted octanol–water partition coefficient (Wildman–Crippen LogP) is 4.14. The Bertz CT molecular complexity index is 252. The molecule has 0 unspecified atom stereocenters. The molecule has 0 heterocycles. The lowest BCUT2D eigenvalue weighted by Crippen LogP contribution is -2.47. The van der Waals surface area contributed by atoms with Crippen LogP contribution in [-0.2, 0) is 4.74 Å². The van der Waals surface area contributed by atoms with Crippen LogP contribution >= 0.6 is 0 Å². The molecule has 19 heavy (non-hydrogen) atoms. The van der Waals surface area contributed by atoms with Gasteiger partial charge in [-0.15, -0.1) is 0 Å². The van der Waals surface area contributed by atoms with E-state index in [-0.39, 0.29) is 5.60 Å². The van der Waals surface area contributed by atoms with E-state index in [4.69, 9.17) is 4.74 Å². The maximum absolute atomic E-state index is 6.41. The largest absolute Gasteiger partial charge is 0.374 e. The van der Waals surface area contributed by atoms with Gasteiger partial charge in [-0.05, 0) is 43.9 Å². The summed E-state index contributed by atoms with van der Waals surface area (Å²) in [5, 5.41) is 3.61. The summed E-state index contributed by atoms with van der Waals surface area (Å²) in [5.74, 6) is 1.86. The highest BCUT2D eigenvalue weighted by molar-refractivity contribution is 4.89. The third kappa shape index (κ3) is 4.75. The van der Waals surface area contributed by atoms with Crippen molar-refractivity contribution in [2.75, 3.05) is 13.2 Å². The van der Waals surface area contributed by atoms with Gasteiger partial charge < -0.3 is 10.1 Å². The Morgan fingerprint density at radius 3 is 2.37 bits per heavy atom. The van der Waals surface area contributed by atoms with Crippen LogP contribution in [-0.4, -0.2) is 24.8 Å². The van der Waals surface area contributed by atoms with E-state index in [0.717, 1.165) is 25.0 Å². The minimum atomic E-state index is 0.139. The van der Waals surface area contributed by atoms with Crippen molar-refractivity contribution >= 4 is 0 Å². The average molecular weight is 267 g/mol. The van der Waals surface area contributed by atoms with E-state index < -0.39 is 0 Å². The number of ether oxygens (including phenoxy) is 1. The molecule has 2 aliphatic rings. The molecule has 0 aliphatic heterocycles. The smallest absolute Gasteiger partial charge is 0.0806 e. The van der Waals surface area contributed by atoms with Crippen LogP contribution in [0.5, 0.6) is 0 Å². The van der Waals surface area contributed by atoms with E-state index in [1.807, 2.05) is 0 Å². The summed E-state index contributed by atoms with van der Waals surface area (Å²) in [7, 11) is 0. The molecule has 0 aromatic carbocycles. The van der Waals surface area contributed by atoms with Gasteiger partial charge >= 0.3 is 0 Å². The lowest BCUT2D eigenvalue weighted by atomic mass is 9.79. The van der Waals surface area contributed by atoms with E-state index in [2.05, 4.69) is 26.1 Å². The SMILES string of the molecule is CC1CCC(CNC(C)C)(OCCC2CCC2)CC1. The molecule has 2 fully saturated rings. The second-order valence-corrected chi connectivity index (χ2v) is 7.34. The molecule has 2 rings (SSSR count). The summed E-state index contributed by atoms with van der Waals surface area (Å²) >= 11 is 0.